The van der Waals surface area contributed by atoms with E-state index in [0.717, 1.165) is 38.4 Å². The molecule has 1 atom stereocenters. The normalized spacial score (nSPS) is 19.2. The van der Waals surface area contributed by atoms with Crippen molar-refractivity contribution in [2.24, 2.45) is 0 Å². The summed E-state index contributed by atoms with van der Waals surface area (Å²) in [5, 5.41) is 3.18. The van der Waals surface area contributed by atoms with Crippen LogP contribution in [0.5, 0.6) is 0 Å². The Morgan fingerprint density at radius 3 is 2.71 bits per heavy atom. The Hall–Kier alpha value is -0.970. The Labute approximate surface area is 102 Å². The molecular formula is C13H19FN2O. The molecule has 1 heterocycles. The fourth-order valence-corrected chi connectivity index (χ4v) is 2.14. The van der Waals surface area contributed by atoms with Crippen LogP contribution in [-0.4, -0.2) is 44.8 Å². The third kappa shape index (κ3) is 3.25. The fourth-order valence-electron chi connectivity index (χ4n) is 2.14. The molecule has 0 spiro atoms. The molecule has 0 amide bonds. The maximum atomic E-state index is 13.7. The Bertz CT molecular complexity index is 353. The molecule has 1 aliphatic rings. The Balaban J connectivity index is 2.03. The number of ether oxygens (including phenoxy) is 1. The molecule has 0 radical (unpaired) electrons. The molecule has 17 heavy (non-hydrogen) atoms. The van der Waals surface area contributed by atoms with Crippen LogP contribution >= 0.6 is 0 Å². The van der Waals surface area contributed by atoms with Gasteiger partial charge in [-0.15, -0.1) is 0 Å². The van der Waals surface area contributed by atoms with Gasteiger partial charge in [-0.2, -0.15) is 0 Å². The Kier molecular flexibility index (Phi) is 4.48. The maximum Gasteiger partial charge on any atom is 0.128 e. The minimum absolute atomic E-state index is 0.0364. The van der Waals surface area contributed by atoms with E-state index in [1.54, 1.807) is 6.07 Å². The van der Waals surface area contributed by atoms with Crippen molar-refractivity contribution in [2.45, 2.75) is 6.04 Å². The highest BCUT2D eigenvalue weighted by Crippen LogP contribution is 2.18. The van der Waals surface area contributed by atoms with Gasteiger partial charge in [-0.25, -0.2) is 4.39 Å². The van der Waals surface area contributed by atoms with Gasteiger partial charge in [-0.1, -0.05) is 18.2 Å². The van der Waals surface area contributed by atoms with Gasteiger partial charge in [0, 0.05) is 31.2 Å². The summed E-state index contributed by atoms with van der Waals surface area (Å²) >= 11 is 0. The average molecular weight is 238 g/mol. The van der Waals surface area contributed by atoms with Crippen molar-refractivity contribution in [1.29, 1.82) is 0 Å². The number of morpholine rings is 1. The van der Waals surface area contributed by atoms with Crippen molar-refractivity contribution >= 4 is 0 Å². The summed E-state index contributed by atoms with van der Waals surface area (Å²) in [6, 6.07) is 6.99. The SMILES string of the molecule is CNC(CN1CCOCC1)c1ccccc1F. The van der Waals surface area contributed by atoms with Crippen LogP contribution in [0.1, 0.15) is 11.6 Å². The van der Waals surface area contributed by atoms with Crippen LogP contribution in [-0.2, 0) is 4.74 Å². The second-order valence-electron chi connectivity index (χ2n) is 4.28. The highest BCUT2D eigenvalue weighted by Gasteiger charge is 2.18. The van der Waals surface area contributed by atoms with Crippen molar-refractivity contribution < 1.29 is 9.13 Å². The Morgan fingerprint density at radius 1 is 1.35 bits per heavy atom. The minimum Gasteiger partial charge on any atom is -0.379 e. The predicted octanol–water partition coefficient (Wildman–Crippen LogP) is 1.42. The van der Waals surface area contributed by atoms with Crippen molar-refractivity contribution in [3.63, 3.8) is 0 Å². The summed E-state index contributed by atoms with van der Waals surface area (Å²) in [5.74, 6) is -0.139. The predicted molar refractivity (Wildman–Crippen MR) is 65.5 cm³/mol. The van der Waals surface area contributed by atoms with Crippen molar-refractivity contribution in [3.05, 3.63) is 35.6 Å². The standard InChI is InChI=1S/C13H19FN2O/c1-15-13(10-16-6-8-17-9-7-16)11-4-2-3-5-12(11)14/h2-5,13,15H,6-10H2,1H3. The first-order chi connectivity index (χ1) is 8.31. The molecule has 0 aliphatic carbocycles. The first-order valence-electron chi connectivity index (χ1n) is 6.03. The lowest BCUT2D eigenvalue weighted by Crippen LogP contribution is -2.41. The lowest BCUT2D eigenvalue weighted by atomic mass is 10.1. The summed E-state index contributed by atoms with van der Waals surface area (Å²) in [6.45, 7) is 4.21. The van der Waals surface area contributed by atoms with E-state index in [1.807, 2.05) is 19.2 Å². The smallest absolute Gasteiger partial charge is 0.128 e. The third-order valence-corrected chi connectivity index (χ3v) is 3.17. The van der Waals surface area contributed by atoms with E-state index in [9.17, 15) is 4.39 Å². The average Bonchev–Trinajstić information content (AvgIpc) is 2.38. The summed E-state index contributed by atoms with van der Waals surface area (Å²) in [4.78, 5) is 2.30. The molecule has 1 aliphatic heterocycles. The summed E-state index contributed by atoms with van der Waals surface area (Å²) in [6.07, 6.45) is 0. The van der Waals surface area contributed by atoms with E-state index in [-0.39, 0.29) is 11.9 Å². The minimum atomic E-state index is -0.139. The quantitative estimate of drug-likeness (QED) is 0.858. The van der Waals surface area contributed by atoms with E-state index in [1.165, 1.54) is 6.07 Å². The fraction of sp³-hybridized carbons (Fsp3) is 0.538. The topological polar surface area (TPSA) is 24.5 Å². The van der Waals surface area contributed by atoms with E-state index >= 15 is 0 Å². The van der Waals surface area contributed by atoms with Gasteiger partial charge in [0.15, 0.2) is 0 Å². The number of nitrogens with one attached hydrogen (secondary N) is 1. The molecule has 4 heteroatoms. The van der Waals surface area contributed by atoms with Gasteiger partial charge in [0.05, 0.1) is 13.2 Å². The second kappa shape index (κ2) is 6.10. The van der Waals surface area contributed by atoms with E-state index in [0.29, 0.717) is 0 Å². The number of rotatable bonds is 4. The zero-order valence-electron chi connectivity index (χ0n) is 10.2. The zero-order chi connectivity index (χ0) is 12.1. The van der Waals surface area contributed by atoms with Crippen LogP contribution < -0.4 is 5.32 Å². The number of benzene rings is 1. The van der Waals surface area contributed by atoms with E-state index in [4.69, 9.17) is 4.74 Å². The highest BCUT2D eigenvalue weighted by molar-refractivity contribution is 5.21. The van der Waals surface area contributed by atoms with Gasteiger partial charge in [-0.3, -0.25) is 4.90 Å². The summed E-state index contributed by atoms with van der Waals surface area (Å²) < 4.78 is 19.0. The first kappa shape index (κ1) is 12.5. The largest absolute Gasteiger partial charge is 0.379 e. The lowest BCUT2D eigenvalue weighted by Gasteiger charge is -2.30. The highest BCUT2D eigenvalue weighted by atomic mass is 19.1. The molecule has 1 aromatic rings. The van der Waals surface area contributed by atoms with Crippen LogP contribution in [0.2, 0.25) is 0 Å². The van der Waals surface area contributed by atoms with Crippen molar-refractivity contribution in [1.82, 2.24) is 10.2 Å². The van der Waals surface area contributed by atoms with Crippen molar-refractivity contribution in [3.8, 4) is 0 Å². The molecule has 1 saturated heterocycles. The molecule has 0 aromatic heterocycles. The second-order valence-corrected chi connectivity index (χ2v) is 4.28. The number of halogens is 1. The number of hydrogen-bond donors (Lipinski definition) is 1. The molecule has 0 saturated carbocycles. The number of nitrogens with zero attached hydrogens (tertiary/aromatic N) is 1. The molecule has 94 valence electrons. The van der Waals surface area contributed by atoms with Crippen LogP contribution in [0, 0.1) is 5.82 Å². The van der Waals surface area contributed by atoms with Gasteiger partial charge in [0.1, 0.15) is 5.82 Å². The van der Waals surface area contributed by atoms with Gasteiger partial charge in [0.25, 0.3) is 0 Å². The van der Waals surface area contributed by atoms with Crippen molar-refractivity contribution in [2.75, 3.05) is 39.9 Å². The van der Waals surface area contributed by atoms with Crippen LogP contribution in [0.4, 0.5) is 4.39 Å². The maximum absolute atomic E-state index is 13.7. The molecule has 1 N–H and O–H groups in total. The van der Waals surface area contributed by atoms with Gasteiger partial charge < -0.3 is 10.1 Å². The first-order valence-corrected chi connectivity index (χ1v) is 6.03. The van der Waals surface area contributed by atoms with Crippen LogP contribution in [0.15, 0.2) is 24.3 Å². The zero-order valence-corrected chi connectivity index (χ0v) is 10.2. The molecule has 3 nitrogen and oxygen atoms in total. The molecule has 1 unspecified atom stereocenters. The van der Waals surface area contributed by atoms with E-state index < -0.39 is 0 Å². The molecule has 0 bridgehead atoms. The number of likely N-dealkylation sites (N-methyl/N-ethyl adjacent to an activating group) is 1. The van der Waals surface area contributed by atoms with Gasteiger partial charge in [0.2, 0.25) is 0 Å². The summed E-state index contributed by atoms with van der Waals surface area (Å²) in [5.41, 5.74) is 0.737. The van der Waals surface area contributed by atoms with Crippen LogP contribution in [0.3, 0.4) is 0 Å². The Morgan fingerprint density at radius 2 is 2.06 bits per heavy atom. The molecule has 2 rings (SSSR count). The monoisotopic (exact) mass is 238 g/mol. The van der Waals surface area contributed by atoms with Crippen LogP contribution in [0.25, 0.3) is 0 Å². The van der Waals surface area contributed by atoms with Gasteiger partial charge in [-0.05, 0) is 13.1 Å². The molecule has 1 aromatic carbocycles. The number of hydrogen-bond acceptors (Lipinski definition) is 3. The summed E-state index contributed by atoms with van der Waals surface area (Å²) in [7, 11) is 1.87. The molecular weight excluding hydrogens is 219 g/mol. The van der Waals surface area contributed by atoms with E-state index in [2.05, 4.69) is 10.2 Å². The lowest BCUT2D eigenvalue weighted by molar-refractivity contribution is 0.0336. The molecule has 1 fully saturated rings. The van der Waals surface area contributed by atoms with Gasteiger partial charge >= 0.3 is 0 Å². The third-order valence-electron chi connectivity index (χ3n) is 3.17.